The minimum Gasteiger partial charge on any atom is -0.508 e. The fraction of sp³-hybridized carbons (Fsp3) is 0.261. The minimum atomic E-state index is -2.06. The quantitative estimate of drug-likeness (QED) is 0.557. The van der Waals surface area contributed by atoms with E-state index in [2.05, 4.69) is 0 Å². The summed E-state index contributed by atoms with van der Waals surface area (Å²) in [5, 5.41) is 31.7. The van der Waals surface area contributed by atoms with E-state index in [4.69, 9.17) is 4.74 Å². The molecule has 3 N–H and O–H groups in total. The second-order valence-electron chi connectivity index (χ2n) is 7.23. The van der Waals surface area contributed by atoms with Gasteiger partial charge in [0.1, 0.15) is 11.5 Å². The Balaban J connectivity index is 2.14. The maximum absolute atomic E-state index is 12.6. The SMILES string of the molecule is COC(=O)[C@@]1(O)C(=Cc2ccc(O)cc2)Cc2ccc(CC=C(C)C)c(O)c21. The van der Waals surface area contributed by atoms with Crippen LogP contribution in [0.5, 0.6) is 11.5 Å². The number of carbonyl (C=O) groups is 1. The zero-order valence-corrected chi connectivity index (χ0v) is 16.2. The van der Waals surface area contributed by atoms with Gasteiger partial charge in [-0.2, -0.15) is 0 Å². The Bertz CT molecular complexity index is 965. The molecule has 1 atom stereocenters. The molecule has 0 saturated heterocycles. The van der Waals surface area contributed by atoms with Crippen LogP contribution in [0.2, 0.25) is 0 Å². The molecule has 1 aliphatic carbocycles. The molecule has 3 rings (SSSR count). The highest BCUT2D eigenvalue weighted by Crippen LogP contribution is 2.48. The van der Waals surface area contributed by atoms with Crippen LogP contribution in [-0.4, -0.2) is 28.4 Å². The second-order valence-corrected chi connectivity index (χ2v) is 7.23. The van der Waals surface area contributed by atoms with Gasteiger partial charge in [-0.3, -0.25) is 0 Å². The minimum absolute atomic E-state index is 0.0861. The fourth-order valence-electron chi connectivity index (χ4n) is 3.51. The van der Waals surface area contributed by atoms with Gasteiger partial charge in [-0.05, 0) is 61.1 Å². The average molecular weight is 380 g/mol. The molecule has 0 amide bonds. The van der Waals surface area contributed by atoms with E-state index >= 15 is 0 Å². The van der Waals surface area contributed by atoms with Crippen molar-refractivity contribution in [3.63, 3.8) is 0 Å². The molecule has 0 radical (unpaired) electrons. The summed E-state index contributed by atoms with van der Waals surface area (Å²) in [4.78, 5) is 12.6. The number of esters is 1. The van der Waals surface area contributed by atoms with E-state index in [1.54, 1.807) is 18.2 Å². The van der Waals surface area contributed by atoms with Gasteiger partial charge >= 0.3 is 5.97 Å². The number of carbonyl (C=O) groups excluding carboxylic acids is 1. The van der Waals surface area contributed by atoms with Crippen molar-refractivity contribution in [2.75, 3.05) is 7.11 Å². The first kappa shape index (κ1) is 19.7. The van der Waals surface area contributed by atoms with Gasteiger partial charge in [0.25, 0.3) is 0 Å². The number of benzene rings is 2. The Kier molecular flexibility index (Phi) is 5.29. The van der Waals surface area contributed by atoms with Gasteiger partial charge < -0.3 is 20.1 Å². The highest BCUT2D eigenvalue weighted by Gasteiger charge is 2.51. The molecular weight excluding hydrogens is 356 g/mol. The largest absolute Gasteiger partial charge is 0.508 e. The van der Waals surface area contributed by atoms with Gasteiger partial charge in [0.2, 0.25) is 5.60 Å². The van der Waals surface area contributed by atoms with Crippen molar-refractivity contribution in [1.82, 2.24) is 0 Å². The Labute approximate surface area is 164 Å². The first-order chi connectivity index (χ1) is 13.3. The van der Waals surface area contributed by atoms with Crippen LogP contribution in [0.25, 0.3) is 6.08 Å². The number of aromatic hydroxyl groups is 2. The van der Waals surface area contributed by atoms with Gasteiger partial charge in [-0.25, -0.2) is 4.79 Å². The number of allylic oxidation sites excluding steroid dienone is 2. The van der Waals surface area contributed by atoms with Crippen LogP contribution in [0, 0.1) is 0 Å². The normalized spacial score (nSPS) is 19.4. The molecule has 5 heteroatoms. The predicted molar refractivity (Wildman–Crippen MR) is 107 cm³/mol. The summed E-state index contributed by atoms with van der Waals surface area (Å²) in [5.41, 5.74) is 1.67. The van der Waals surface area contributed by atoms with Crippen LogP contribution < -0.4 is 0 Å². The lowest BCUT2D eigenvalue weighted by Crippen LogP contribution is -2.36. The highest BCUT2D eigenvalue weighted by atomic mass is 16.5. The smallest absolute Gasteiger partial charge is 0.347 e. The molecule has 28 heavy (non-hydrogen) atoms. The van der Waals surface area contributed by atoms with E-state index in [1.165, 1.54) is 19.2 Å². The Morgan fingerprint density at radius 2 is 1.82 bits per heavy atom. The summed E-state index contributed by atoms with van der Waals surface area (Å²) in [6, 6.07) is 10.1. The van der Waals surface area contributed by atoms with Crippen LogP contribution in [-0.2, 0) is 28.0 Å². The number of hydrogen-bond donors (Lipinski definition) is 3. The van der Waals surface area contributed by atoms with Crippen molar-refractivity contribution >= 4 is 12.0 Å². The number of phenolic OH excluding ortho intramolecular Hbond substituents is 2. The molecule has 0 bridgehead atoms. The molecule has 146 valence electrons. The molecular formula is C23H24O5. The van der Waals surface area contributed by atoms with E-state index in [9.17, 15) is 20.1 Å². The van der Waals surface area contributed by atoms with E-state index in [0.29, 0.717) is 35.1 Å². The lowest BCUT2D eigenvalue weighted by Gasteiger charge is -2.24. The first-order valence-electron chi connectivity index (χ1n) is 9.05. The maximum atomic E-state index is 12.6. The first-order valence-corrected chi connectivity index (χ1v) is 9.05. The number of aliphatic hydroxyl groups is 1. The third-order valence-corrected chi connectivity index (χ3v) is 5.00. The molecule has 2 aromatic carbocycles. The third-order valence-electron chi connectivity index (χ3n) is 5.00. The molecule has 0 aromatic heterocycles. The highest BCUT2D eigenvalue weighted by molar-refractivity contribution is 5.91. The monoisotopic (exact) mass is 380 g/mol. The Hall–Kier alpha value is -3.05. The summed E-state index contributed by atoms with van der Waals surface area (Å²) in [5.74, 6) is -0.801. The molecule has 0 heterocycles. The second kappa shape index (κ2) is 7.52. The summed E-state index contributed by atoms with van der Waals surface area (Å²) in [6.45, 7) is 3.93. The maximum Gasteiger partial charge on any atom is 0.347 e. The third kappa shape index (κ3) is 3.41. The zero-order chi connectivity index (χ0) is 20.5. The van der Waals surface area contributed by atoms with E-state index in [1.807, 2.05) is 32.1 Å². The summed E-state index contributed by atoms with van der Waals surface area (Å²) in [7, 11) is 1.21. The molecule has 0 aliphatic heterocycles. The number of hydrogen-bond acceptors (Lipinski definition) is 5. The van der Waals surface area contributed by atoms with Crippen molar-refractivity contribution in [1.29, 1.82) is 0 Å². The van der Waals surface area contributed by atoms with Gasteiger partial charge in [-0.1, -0.05) is 42.0 Å². The van der Waals surface area contributed by atoms with E-state index in [-0.39, 0.29) is 17.1 Å². The Morgan fingerprint density at radius 3 is 2.43 bits per heavy atom. The van der Waals surface area contributed by atoms with Crippen molar-refractivity contribution < 1.29 is 24.9 Å². The van der Waals surface area contributed by atoms with Crippen LogP contribution in [0.3, 0.4) is 0 Å². The van der Waals surface area contributed by atoms with Crippen LogP contribution >= 0.6 is 0 Å². The fourth-order valence-corrected chi connectivity index (χ4v) is 3.51. The topological polar surface area (TPSA) is 87.0 Å². The zero-order valence-electron chi connectivity index (χ0n) is 16.2. The van der Waals surface area contributed by atoms with Gasteiger partial charge in [-0.15, -0.1) is 0 Å². The number of methoxy groups -OCH3 is 1. The van der Waals surface area contributed by atoms with E-state index in [0.717, 1.165) is 5.57 Å². The van der Waals surface area contributed by atoms with Crippen molar-refractivity contribution in [2.45, 2.75) is 32.3 Å². The summed E-state index contributed by atoms with van der Waals surface area (Å²) in [6.07, 6.45) is 4.46. The average Bonchev–Trinajstić information content (AvgIpc) is 2.95. The van der Waals surface area contributed by atoms with Crippen LogP contribution in [0.1, 0.15) is 36.1 Å². The molecule has 0 saturated carbocycles. The van der Waals surface area contributed by atoms with Crippen molar-refractivity contribution in [2.24, 2.45) is 0 Å². The molecule has 5 nitrogen and oxygen atoms in total. The van der Waals surface area contributed by atoms with E-state index < -0.39 is 11.6 Å². The summed E-state index contributed by atoms with van der Waals surface area (Å²) >= 11 is 0. The predicted octanol–water partition coefficient (Wildman–Crippen LogP) is 3.61. The van der Waals surface area contributed by atoms with Gasteiger partial charge in [0.15, 0.2) is 0 Å². The number of rotatable bonds is 4. The van der Waals surface area contributed by atoms with Gasteiger partial charge in [0, 0.05) is 5.56 Å². The molecule has 2 aromatic rings. The Morgan fingerprint density at radius 1 is 1.14 bits per heavy atom. The van der Waals surface area contributed by atoms with Crippen LogP contribution in [0.4, 0.5) is 0 Å². The molecule has 1 aliphatic rings. The lowest BCUT2D eigenvalue weighted by atomic mass is 9.88. The molecule has 0 spiro atoms. The molecule has 0 unspecified atom stereocenters. The molecule has 0 fully saturated rings. The standard InChI is InChI=1S/C23H24O5/c1-14(2)4-7-16-8-9-17-13-18(12-15-5-10-19(24)11-6-15)23(27,22(26)28-3)20(17)21(16)25/h4-6,8-12,24-25,27H,7,13H2,1-3H3/t23-/m1/s1. The lowest BCUT2D eigenvalue weighted by molar-refractivity contribution is -0.158. The number of phenols is 2. The number of fused-ring (bicyclic) bond motifs is 1. The summed E-state index contributed by atoms with van der Waals surface area (Å²) < 4.78 is 4.88. The van der Waals surface area contributed by atoms with Crippen LogP contribution in [0.15, 0.2) is 53.6 Å². The van der Waals surface area contributed by atoms with Gasteiger partial charge in [0.05, 0.1) is 7.11 Å². The van der Waals surface area contributed by atoms with Crippen molar-refractivity contribution in [3.05, 3.63) is 75.9 Å². The number of ether oxygens (including phenoxy) is 1. The van der Waals surface area contributed by atoms with Crippen molar-refractivity contribution in [3.8, 4) is 11.5 Å².